The number of carbonyl (C=O) groups is 1. The Kier molecular flexibility index (Phi) is 5.76. The lowest BCUT2D eigenvalue weighted by Gasteiger charge is -2.26. The van der Waals surface area contributed by atoms with Crippen molar-refractivity contribution in [1.29, 1.82) is 0 Å². The molecular weight excluding hydrogens is 414 g/mol. The lowest BCUT2D eigenvalue weighted by molar-refractivity contribution is -0.249. The van der Waals surface area contributed by atoms with Gasteiger partial charge in [0.25, 0.3) is 5.91 Å². The Labute approximate surface area is 140 Å². The van der Waals surface area contributed by atoms with E-state index in [9.17, 15) is 36.2 Å². The van der Waals surface area contributed by atoms with Crippen molar-refractivity contribution in [3.05, 3.63) is 21.8 Å². The highest BCUT2D eigenvalue weighted by atomic mass is 79.9. The number of halogens is 7. The molecule has 0 bridgehead atoms. The van der Waals surface area contributed by atoms with Gasteiger partial charge in [0, 0.05) is 4.47 Å². The quantitative estimate of drug-likeness (QED) is 0.729. The van der Waals surface area contributed by atoms with E-state index in [1.807, 2.05) is 0 Å². The van der Waals surface area contributed by atoms with Crippen LogP contribution in [-0.4, -0.2) is 41.4 Å². The number of methoxy groups -OCH3 is 1. The van der Waals surface area contributed by atoms with Crippen LogP contribution in [-0.2, 0) is 6.18 Å². The van der Waals surface area contributed by atoms with Crippen LogP contribution >= 0.6 is 15.9 Å². The molecule has 0 spiro atoms. The summed E-state index contributed by atoms with van der Waals surface area (Å²) in [5.41, 5.74) is -5.11. The standard InChI is InChI=1S/C12H11BrF6N2O3/c1-10(23,12(17,18)19)4-20-8(22)7-6(13)3-5(11(14,15)16)9(21-7)24-2/h3,23H,4H2,1-2H3,(H,20,22). The molecule has 1 atom stereocenters. The third kappa shape index (κ3) is 4.50. The molecule has 24 heavy (non-hydrogen) atoms. The van der Waals surface area contributed by atoms with Gasteiger partial charge in [0.2, 0.25) is 5.88 Å². The largest absolute Gasteiger partial charge is 0.481 e. The number of carbonyl (C=O) groups excluding carboxylic acids is 1. The van der Waals surface area contributed by atoms with E-state index in [0.29, 0.717) is 13.0 Å². The Hall–Kier alpha value is -1.56. The first-order valence-corrected chi connectivity index (χ1v) is 6.89. The number of ether oxygens (including phenoxy) is 1. The van der Waals surface area contributed by atoms with E-state index in [2.05, 4.69) is 25.7 Å². The molecule has 1 amide bonds. The van der Waals surface area contributed by atoms with Gasteiger partial charge in [-0.3, -0.25) is 4.79 Å². The minimum atomic E-state index is -5.01. The van der Waals surface area contributed by atoms with E-state index in [0.717, 1.165) is 7.11 Å². The van der Waals surface area contributed by atoms with Crippen LogP contribution in [0.15, 0.2) is 10.5 Å². The summed E-state index contributed by atoms with van der Waals surface area (Å²) < 4.78 is 79.9. The Balaban J connectivity index is 3.09. The van der Waals surface area contributed by atoms with Gasteiger partial charge in [0.15, 0.2) is 5.60 Å². The molecule has 0 aliphatic carbocycles. The summed E-state index contributed by atoms with van der Waals surface area (Å²) >= 11 is 2.70. The number of amides is 1. The average Bonchev–Trinajstić information content (AvgIpc) is 2.42. The van der Waals surface area contributed by atoms with Gasteiger partial charge < -0.3 is 15.2 Å². The molecule has 5 nitrogen and oxygen atoms in total. The minimum absolute atomic E-state index is 0.403. The van der Waals surface area contributed by atoms with Gasteiger partial charge >= 0.3 is 12.4 Å². The Morgan fingerprint density at radius 3 is 2.29 bits per heavy atom. The predicted molar refractivity (Wildman–Crippen MR) is 72.5 cm³/mol. The number of hydrogen-bond acceptors (Lipinski definition) is 4. The predicted octanol–water partition coefficient (Wildman–Crippen LogP) is 2.91. The van der Waals surface area contributed by atoms with Crippen LogP contribution < -0.4 is 10.1 Å². The van der Waals surface area contributed by atoms with Gasteiger partial charge in [0.1, 0.15) is 11.3 Å². The number of pyridine rings is 1. The van der Waals surface area contributed by atoms with Gasteiger partial charge in [0.05, 0.1) is 13.7 Å². The SMILES string of the molecule is COc1nc(C(=O)NCC(C)(O)C(F)(F)F)c(Br)cc1C(F)(F)F. The molecular formula is C12H11BrF6N2O3. The molecule has 0 aromatic carbocycles. The number of nitrogens with one attached hydrogen (secondary N) is 1. The minimum Gasteiger partial charge on any atom is -0.481 e. The summed E-state index contributed by atoms with van der Waals surface area (Å²) in [6.45, 7) is -0.782. The van der Waals surface area contributed by atoms with Crippen LogP contribution in [0.25, 0.3) is 0 Å². The van der Waals surface area contributed by atoms with Crippen LogP contribution in [0.2, 0.25) is 0 Å². The third-order valence-corrected chi connectivity index (χ3v) is 3.46. The molecule has 1 aromatic rings. The first-order valence-electron chi connectivity index (χ1n) is 6.09. The Bertz CT molecular complexity index is 630. The highest BCUT2D eigenvalue weighted by molar-refractivity contribution is 9.10. The molecule has 1 rings (SSSR count). The highest BCUT2D eigenvalue weighted by Crippen LogP contribution is 2.37. The summed E-state index contributed by atoms with van der Waals surface area (Å²) in [6, 6.07) is 0.517. The maximum absolute atomic E-state index is 12.8. The topological polar surface area (TPSA) is 71.5 Å². The van der Waals surface area contributed by atoms with E-state index in [4.69, 9.17) is 0 Å². The number of aliphatic hydroxyl groups is 1. The highest BCUT2D eigenvalue weighted by Gasteiger charge is 2.50. The Morgan fingerprint density at radius 2 is 1.88 bits per heavy atom. The molecule has 0 fully saturated rings. The number of aromatic nitrogens is 1. The summed E-state index contributed by atoms with van der Waals surface area (Å²) in [5, 5.41) is 11.0. The Morgan fingerprint density at radius 1 is 1.33 bits per heavy atom. The van der Waals surface area contributed by atoms with Crippen LogP contribution in [0.1, 0.15) is 23.0 Å². The fourth-order valence-electron chi connectivity index (χ4n) is 1.43. The molecule has 1 unspecified atom stereocenters. The lowest BCUT2D eigenvalue weighted by Crippen LogP contribution is -2.51. The van der Waals surface area contributed by atoms with Crippen molar-refractivity contribution in [3.63, 3.8) is 0 Å². The van der Waals surface area contributed by atoms with Gasteiger partial charge in [-0.05, 0) is 28.9 Å². The lowest BCUT2D eigenvalue weighted by atomic mass is 10.1. The first-order chi connectivity index (χ1) is 10.7. The monoisotopic (exact) mass is 424 g/mol. The van der Waals surface area contributed by atoms with Crippen molar-refractivity contribution >= 4 is 21.8 Å². The van der Waals surface area contributed by atoms with Crippen molar-refractivity contribution in [3.8, 4) is 5.88 Å². The van der Waals surface area contributed by atoms with Crippen molar-refractivity contribution in [2.24, 2.45) is 0 Å². The first kappa shape index (κ1) is 20.5. The van der Waals surface area contributed by atoms with E-state index in [1.54, 1.807) is 5.32 Å². The maximum atomic E-state index is 12.8. The molecule has 0 aliphatic rings. The zero-order valence-corrected chi connectivity index (χ0v) is 13.7. The molecule has 0 saturated heterocycles. The van der Waals surface area contributed by atoms with Crippen LogP contribution in [0.5, 0.6) is 5.88 Å². The van der Waals surface area contributed by atoms with E-state index >= 15 is 0 Å². The van der Waals surface area contributed by atoms with Gasteiger partial charge in [-0.2, -0.15) is 26.3 Å². The van der Waals surface area contributed by atoms with Gasteiger partial charge in [-0.15, -0.1) is 0 Å². The third-order valence-electron chi connectivity index (χ3n) is 2.86. The van der Waals surface area contributed by atoms with Gasteiger partial charge in [-0.1, -0.05) is 0 Å². The molecule has 1 aromatic heterocycles. The molecule has 0 radical (unpaired) electrons. The zero-order valence-electron chi connectivity index (χ0n) is 12.1. The van der Waals surface area contributed by atoms with Crippen molar-refractivity contribution in [1.82, 2.24) is 10.3 Å². The van der Waals surface area contributed by atoms with Gasteiger partial charge in [-0.25, -0.2) is 4.98 Å². The van der Waals surface area contributed by atoms with Crippen molar-refractivity contribution in [2.45, 2.75) is 24.9 Å². The second kappa shape index (κ2) is 6.75. The van der Waals surface area contributed by atoms with Crippen molar-refractivity contribution in [2.75, 3.05) is 13.7 Å². The summed E-state index contributed by atoms with van der Waals surface area (Å²) in [4.78, 5) is 15.2. The number of nitrogens with zero attached hydrogens (tertiary/aromatic N) is 1. The van der Waals surface area contributed by atoms with Crippen LogP contribution in [0, 0.1) is 0 Å². The molecule has 136 valence electrons. The molecule has 0 aliphatic heterocycles. The average molecular weight is 425 g/mol. The summed E-state index contributed by atoms with van der Waals surface area (Å²) in [7, 11) is 0.890. The van der Waals surface area contributed by atoms with Crippen LogP contribution in [0.4, 0.5) is 26.3 Å². The normalized spacial score (nSPS) is 14.9. The number of rotatable bonds is 4. The van der Waals surface area contributed by atoms with E-state index in [-0.39, 0.29) is 0 Å². The number of alkyl halides is 6. The summed E-state index contributed by atoms with van der Waals surface area (Å²) in [6.07, 6.45) is -9.82. The van der Waals surface area contributed by atoms with E-state index < -0.39 is 52.0 Å². The molecule has 0 saturated carbocycles. The second-order valence-corrected chi connectivity index (χ2v) is 5.68. The zero-order chi connectivity index (χ0) is 18.9. The fraction of sp³-hybridized carbons (Fsp3) is 0.500. The second-order valence-electron chi connectivity index (χ2n) is 4.83. The maximum Gasteiger partial charge on any atom is 0.421 e. The number of hydrogen-bond donors (Lipinski definition) is 2. The van der Waals surface area contributed by atoms with Crippen LogP contribution in [0.3, 0.4) is 0 Å². The molecule has 1 heterocycles. The fourth-order valence-corrected chi connectivity index (χ4v) is 1.92. The molecule has 2 N–H and O–H groups in total. The van der Waals surface area contributed by atoms with E-state index in [1.165, 1.54) is 0 Å². The van der Waals surface area contributed by atoms with Crippen molar-refractivity contribution < 1.29 is 41.0 Å². The summed E-state index contributed by atoms with van der Waals surface area (Å²) in [5.74, 6) is -2.14. The molecule has 12 heteroatoms. The smallest absolute Gasteiger partial charge is 0.421 e.